The van der Waals surface area contributed by atoms with Gasteiger partial charge in [0.25, 0.3) is 0 Å². The Balaban J connectivity index is 1.72. The van der Waals surface area contributed by atoms with Crippen LogP contribution in [0.2, 0.25) is 0 Å². The van der Waals surface area contributed by atoms with Crippen LogP contribution in [-0.2, 0) is 0 Å². The van der Waals surface area contributed by atoms with Crippen LogP contribution in [0, 0.1) is 11.8 Å². The Labute approximate surface area is 83.4 Å². The third-order valence-electron chi connectivity index (χ3n) is 3.87. The molecule has 76 valence electrons. The predicted molar refractivity (Wildman–Crippen MR) is 52.0 cm³/mol. The van der Waals surface area contributed by atoms with Crippen LogP contribution in [0.15, 0.2) is 12.2 Å². The number of fused-ring (bicyclic) bond motifs is 1. The summed E-state index contributed by atoms with van der Waals surface area (Å²) in [6, 6.07) is 0.666. The Morgan fingerprint density at radius 3 is 2.79 bits per heavy atom. The zero-order valence-corrected chi connectivity index (χ0v) is 8.10. The first-order valence-corrected chi connectivity index (χ1v) is 5.45. The quantitative estimate of drug-likeness (QED) is 0.682. The van der Waals surface area contributed by atoms with Crippen molar-refractivity contribution in [2.75, 3.05) is 0 Å². The van der Waals surface area contributed by atoms with Gasteiger partial charge in [-0.05, 0) is 37.5 Å². The number of rotatable bonds is 2. The first-order chi connectivity index (χ1) is 6.77. The molecular formula is C11H15NO2. The second-order valence-electron chi connectivity index (χ2n) is 4.72. The van der Waals surface area contributed by atoms with Crippen molar-refractivity contribution >= 4 is 6.09 Å². The monoisotopic (exact) mass is 193 g/mol. The Morgan fingerprint density at radius 1 is 1.43 bits per heavy atom. The van der Waals surface area contributed by atoms with Gasteiger partial charge in [0.15, 0.2) is 0 Å². The molecule has 0 saturated heterocycles. The van der Waals surface area contributed by atoms with Gasteiger partial charge >= 0.3 is 6.09 Å². The maximum Gasteiger partial charge on any atom is 0.407 e. The molecule has 1 amide bonds. The van der Waals surface area contributed by atoms with Crippen LogP contribution in [-0.4, -0.2) is 28.2 Å². The summed E-state index contributed by atoms with van der Waals surface area (Å²) in [7, 11) is 0. The summed E-state index contributed by atoms with van der Waals surface area (Å²) in [5.41, 5.74) is 0. The van der Waals surface area contributed by atoms with Gasteiger partial charge in [0.2, 0.25) is 0 Å². The number of carboxylic acid groups (broad SMARTS) is 1. The fourth-order valence-electron chi connectivity index (χ4n) is 2.92. The van der Waals surface area contributed by atoms with E-state index in [0.29, 0.717) is 23.9 Å². The fourth-order valence-corrected chi connectivity index (χ4v) is 2.92. The van der Waals surface area contributed by atoms with E-state index < -0.39 is 6.09 Å². The smallest absolute Gasteiger partial charge is 0.407 e. The number of carbonyl (C=O) groups is 1. The van der Waals surface area contributed by atoms with Crippen molar-refractivity contribution in [2.45, 2.75) is 37.8 Å². The molecule has 3 heteroatoms. The Kier molecular flexibility index (Phi) is 1.64. The summed E-state index contributed by atoms with van der Waals surface area (Å²) in [5.74, 6) is 1.28. The van der Waals surface area contributed by atoms with E-state index in [4.69, 9.17) is 5.11 Å². The maximum absolute atomic E-state index is 11.1. The molecule has 3 atom stereocenters. The largest absolute Gasteiger partial charge is 0.465 e. The average Bonchev–Trinajstić information content (AvgIpc) is 2.86. The Hall–Kier alpha value is -0.990. The molecule has 2 fully saturated rings. The molecular weight excluding hydrogens is 178 g/mol. The molecule has 0 aliphatic heterocycles. The van der Waals surface area contributed by atoms with Crippen LogP contribution >= 0.6 is 0 Å². The molecule has 0 heterocycles. The molecule has 14 heavy (non-hydrogen) atoms. The lowest BCUT2D eigenvalue weighted by atomic mass is 9.70. The highest BCUT2D eigenvalue weighted by atomic mass is 16.4. The lowest BCUT2D eigenvalue weighted by Crippen LogP contribution is -2.53. The molecule has 0 aromatic heterocycles. The molecule has 2 saturated carbocycles. The number of amides is 1. The average molecular weight is 193 g/mol. The van der Waals surface area contributed by atoms with Crippen molar-refractivity contribution in [1.82, 2.24) is 4.90 Å². The zero-order valence-electron chi connectivity index (χ0n) is 8.10. The molecule has 3 aliphatic carbocycles. The van der Waals surface area contributed by atoms with Crippen LogP contribution in [0.25, 0.3) is 0 Å². The van der Waals surface area contributed by atoms with Gasteiger partial charge in [-0.15, -0.1) is 0 Å². The third-order valence-corrected chi connectivity index (χ3v) is 3.87. The first-order valence-electron chi connectivity index (χ1n) is 5.45. The lowest BCUT2D eigenvalue weighted by molar-refractivity contribution is 0.0324. The third kappa shape index (κ3) is 1.08. The molecule has 1 N–H and O–H groups in total. The summed E-state index contributed by atoms with van der Waals surface area (Å²) in [5, 5.41) is 9.14. The zero-order chi connectivity index (χ0) is 9.71. The molecule has 1 unspecified atom stereocenters. The van der Waals surface area contributed by atoms with Gasteiger partial charge in [-0.3, -0.25) is 0 Å². The summed E-state index contributed by atoms with van der Waals surface area (Å²) >= 11 is 0. The van der Waals surface area contributed by atoms with Crippen molar-refractivity contribution in [3.05, 3.63) is 12.2 Å². The second-order valence-corrected chi connectivity index (χ2v) is 4.72. The van der Waals surface area contributed by atoms with Crippen LogP contribution in [0.4, 0.5) is 4.79 Å². The second kappa shape index (κ2) is 2.75. The van der Waals surface area contributed by atoms with Gasteiger partial charge in [0.05, 0.1) is 0 Å². The SMILES string of the molecule is O=C(O)N(C1CC1)[C@H]1CC2C=CC[C@H]21. The maximum atomic E-state index is 11.1. The number of hydrogen-bond acceptors (Lipinski definition) is 1. The highest BCUT2D eigenvalue weighted by molar-refractivity contribution is 5.66. The van der Waals surface area contributed by atoms with Crippen LogP contribution in [0.3, 0.4) is 0 Å². The van der Waals surface area contributed by atoms with Gasteiger partial charge in [-0.1, -0.05) is 12.2 Å². The molecule has 3 rings (SSSR count). The highest BCUT2D eigenvalue weighted by Gasteiger charge is 2.49. The molecule has 0 bridgehead atoms. The van der Waals surface area contributed by atoms with E-state index in [1.54, 1.807) is 4.90 Å². The van der Waals surface area contributed by atoms with E-state index in [2.05, 4.69) is 12.2 Å². The van der Waals surface area contributed by atoms with Crippen molar-refractivity contribution in [2.24, 2.45) is 11.8 Å². The van der Waals surface area contributed by atoms with E-state index in [1.165, 1.54) is 0 Å². The van der Waals surface area contributed by atoms with Gasteiger partial charge < -0.3 is 10.0 Å². The van der Waals surface area contributed by atoms with E-state index in [9.17, 15) is 4.79 Å². The standard InChI is InChI=1S/C11H15NO2/c13-11(14)12(8-4-5-8)10-6-7-2-1-3-9(7)10/h1-2,7-10H,3-6H2,(H,13,14)/t7?,9-,10+/m1/s1. The Bertz CT molecular complexity index is 296. The fraction of sp³-hybridized carbons (Fsp3) is 0.727. The van der Waals surface area contributed by atoms with E-state index in [1.807, 2.05) is 0 Å². The van der Waals surface area contributed by atoms with Gasteiger partial charge in [0, 0.05) is 12.1 Å². The van der Waals surface area contributed by atoms with Crippen LogP contribution < -0.4 is 0 Å². The first kappa shape index (κ1) is 8.33. The topological polar surface area (TPSA) is 40.5 Å². The van der Waals surface area contributed by atoms with Crippen molar-refractivity contribution in [3.8, 4) is 0 Å². The molecule has 0 spiro atoms. The summed E-state index contributed by atoms with van der Waals surface area (Å²) in [6.45, 7) is 0. The molecule has 0 radical (unpaired) electrons. The highest BCUT2D eigenvalue weighted by Crippen LogP contribution is 2.48. The molecule has 0 aromatic rings. The summed E-state index contributed by atoms with van der Waals surface area (Å²) in [6.07, 6.45) is 8.07. The molecule has 3 aliphatic rings. The van der Waals surface area contributed by atoms with Crippen LogP contribution in [0.1, 0.15) is 25.7 Å². The lowest BCUT2D eigenvalue weighted by Gasteiger charge is -2.46. The number of nitrogens with zero attached hydrogens (tertiary/aromatic N) is 1. The Morgan fingerprint density at radius 2 is 2.21 bits per heavy atom. The molecule has 3 nitrogen and oxygen atoms in total. The van der Waals surface area contributed by atoms with Crippen molar-refractivity contribution in [3.63, 3.8) is 0 Å². The minimum Gasteiger partial charge on any atom is -0.465 e. The summed E-state index contributed by atoms with van der Waals surface area (Å²) in [4.78, 5) is 12.8. The van der Waals surface area contributed by atoms with E-state index >= 15 is 0 Å². The van der Waals surface area contributed by atoms with Crippen molar-refractivity contribution in [1.29, 1.82) is 0 Å². The normalized spacial score (nSPS) is 39.0. The van der Waals surface area contributed by atoms with Crippen molar-refractivity contribution < 1.29 is 9.90 Å². The molecule has 0 aromatic carbocycles. The summed E-state index contributed by atoms with van der Waals surface area (Å²) < 4.78 is 0. The predicted octanol–water partition coefficient (Wildman–Crippen LogP) is 2.09. The minimum atomic E-state index is -0.706. The number of hydrogen-bond donors (Lipinski definition) is 1. The van der Waals surface area contributed by atoms with Gasteiger partial charge in [-0.2, -0.15) is 0 Å². The van der Waals surface area contributed by atoms with Gasteiger partial charge in [-0.25, -0.2) is 4.79 Å². The number of allylic oxidation sites excluding steroid dienone is 2. The minimum absolute atomic E-state index is 0.319. The van der Waals surface area contributed by atoms with Gasteiger partial charge in [0.1, 0.15) is 0 Å². The van der Waals surface area contributed by atoms with E-state index in [0.717, 1.165) is 25.7 Å². The van der Waals surface area contributed by atoms with Crippen LogP contribution in [0.5, 0.6) is 0 Å². The van der Waals surface area contributed by atoms with E-state index in [-0.39, 0.29) is 0 Å².